The van der Waals surface area contributed by atoms with Gasteiger partial charge < -0.3 is 5.32 Å². The van der Waals surface area contributed by atoms with Crippen LogP contribution in [0.3, 0.4) is 0 Å². The lowest BCUT2D eigenvalue weighted by Crippen LogP contribution is -2.03. The van der Waals surface area contributed by atoms with Crippen LogP contribution in [0.15, 0.2) is 60.8 Å². The van der Waals surface area contributed by atoms with Gasteiger partial charge in [0.1, 0.15) is 5.82 Å². The molecule has 0 saturated heterocycles. The molecule has 0 aliphatic rings. The first-order chi connectivity index (χ1) is 10.3. The largest absolute Gasteiger partial charge is 0.361 e. The first kappa shape index (κ1) is 13.8. The molecule has 1 aromatic heterocycles. The van der Waals surface area contributed by atoms with E-state index in [2.05, 4.69) is 22.4 Å². The van der Waals surface area contributed by atoms with Crippen LogP contribution in [0, 0.1) is 5.82 Å². The van der Waals surface area contributed by atoms with Crippen LogP contribution in [0.1, 0.15) is 5.56 Å². The predicted molar refractivity (Wildman–Crippen MR) is 86.1 cm³/mol. The zero-order chi connectivity index (χ0) is 14.5. The van der Waals surface area contributed by atoms with Crippen LogP contribution in [0.4, 0.5) is 9.52 Å². The molecule has 1 N–H and O–H groups in total. The van der Waals surface area contributed by atoms with E-state index in [1.165, 1.54) is 17.7 Å². The van der Waals surface area contributed by atoms with Crippen LogP contribution in [0.2, 0.25) is 0 Å². The summed E-state index contributed by atoms with van der Waals surface area (Å²) in [7, 11) is 0. The average Bonchev–Trinajstić information content (AvgIpc) is 2.98. The van der Waals surface area contributed by atoms with Crippen molar-refractivity contribution in [2.24, 2.45) is 0 Å². The van der Waals surface area contributed by atoms with Gasteiger partial charge in [-0.25, -0.2) is 9.37 Å². The fourth-order valence-corrected chi connectivity index (χ4v) is 2.91. The van der Waals surface area contributed by atoms with Crippen LogP contribution in [0.5, 0.6) is 0 Å². The fourth-order valence-electron chi connectivity index (χ4n) is 2.06. The van der Waals surface area contributed by atoms with Crippen molar-refractivity contribution in [1.29, 1.82) is 0 Å². The molecular formula is C17H15FN2S. The van der Waals surface area contributed by atoms with Gasteiger partial charge in [-0.3, -0.25) is 0 Å². The number of thiazole rings is 1. The smallest absolute Gasteiger partial charge is 0.183 e. The molecule has 0 atom stereocenters. The monoisotopic (exact) mass is 298 g/mol. The minimum absolute atomic E-state index is 0.218. The second-order valence-electron chi connectivity index (χ2n) is 4.70. The van der Waals surface area contributed by atoms with Gasteiger partial charge >= 0.3 is 0 Å². The number of anilines is 1. The molecule has 21 heavy (non-hydrogen) atoms. The number of nitrogens with one attached hydrogen (secondary N) is 1. The third-order valence-electron chi connectivity index (χ3n) is 3.17. The molecule has 0 amide bonds. The predicted octanol–water partition coefficient (Wildman–Crippen LogP) is 4.60. The van der Waals surface area contributed by atoms with Crippen molar-refractivity contribution in [3.05, 3.63) is 72.2 Å². The molecule has 2 aromatic carbocycles. The summed E-state index contributed by atoms with van der Waals surface area (Å²) in [5.74, 6) is -0.218. The van der Waals surface area contributed by atoms with Gasteiger partial charge in [-0.05, 0) is 29.7 Å². The Morgan fingerprint density at radius 2 is 1.76 bits per heavy atom. The van der Waals surface area contributed by atoms with Crippen LogP contribution in [-0.2, 0) is 6.42 Å². The SMILES string of the molecule is Fc1ccc(-c2cnc(NCCc3ccccc3)s2)cc1. The Labute approximate surface area is 127 Å². The summed E-state index contributed by atoms with van der Waals surface area (Å²) in [6.45, 7) is 0.848. The van der Waals surface area contributed by atoms with E-state index in [0.29, 0.717) is 0 Å². The van der Waals surface area contributed by atoms with E-state index in [9.17, 15) is 4.39 Å². The van der Waals surface area contributed by atoms with Gasteiger partial charge in [-0.2, -0.15) is 0 Å². The fraction of sp³-hybridized carbons (Fsp3) is 0.118. The molecule has 0 saturated carbocycles. The van der Waals surface area contributed by atoms with E-state index < -0.39 is 0 Å². The molecule has 106 valence electrons. The summed E-state index contributed by atoms with van der Waals surface area (Å²) in [6, 6.07) is 16.8. The lowest BCUT2D eigenvalue weighted by Gasteiger charge is -2.02. The Hall–Kier alpha value is -2.20. The van der Waals surface area contributed by atoms with E-state index >= 15 is 0 Å². The van der Waals surface area contributed by atoms with Gasteiger partial charge in [0.2, 0.25) is 0 Å². The maximum Gasteiger partial charge on any atom is 0.183 e. The first-order valence-electron chi connectivity index (χ1n) is 6.81. The Morgan fingerprint density at radius 3 is 2.52 bits per heavy atom. The van der Waals surface area contributed by atoms with Gasteiger partial charge in [0, 0.05) is 12.7 Å². The minimum atomic E-state index is -0.218. The molecule has 2 nitrogen and oxygen atoms in total. The molecule has 0 fully saturated rings. The normalized spacial score (nSPS) is 10.5. The van der Waals surface area contributed by atoms with Crippen LogP contribution in [-0.4, -0.2) is 11.5 Å². The highest BCUT2D eigenvalue weighted by molar-refractivity contribution is 7.18. The minimum Gasteiger partial charge on any atom is -0.361 e. The maximum absolute atomic E-state index is 12.9. The van der Waals surface area contributed by atoms with Crippen molar-refractivity contribution in [3.63, 3.8) is 0 Å². The number of aromatic nitrogens is 1. The van der Waals surface area contributed by atoms with Gasteiger partial charge in [0.05, 0.1) is 4.88 Å². The van der Waals surface area contributed by atoms with Gasteiger partial charge in [-0.1, -0.05) is 53.8 Å². The van der Waals surface area contributed by atoms with E-state index in [4.69, 9.17) is 0 Å². The highest BCUT2D eigenvalue weighted by atomic mass is 32.1. The zero-order valence-electron chi connectivity index (χ0n) is 11.4. The van der Waals surface area contributed by atoms with Crippen molar-refractivity contribution < 1.29 is 4.39 Å². The third kappa shape index (κ3) is 3.67. The molecule has 3 aromatic rings. The average molecular weight is 298 g/mol. The van der Waals surface area contributed by atoms with Crippen molar-refractivity contribution in [3.8, 4) is 10.4 Å². The van der Waals surface area contributed by atoms with Gasteiger partial charge in [-0.15, -0.1) is 0 Å². The highest BCUT2D eigenvalue weighted by Gasteiger charge is 2.04. The summed E-state index contributed by atoms with van der Waals surface area (Å²) in [6.07, 6.45) is 2.79. The zero-order valence-corrected chi connectivity index (χ0v) is 12.2. The summed E-state index contributed by atoms with van der Waals surface area (Å²) in [4.78, 5) is 5.40. The van der Waals surface area contributed by atoms with E-state index in [0.717, 1.165) is 28.5 Å². The quantitative estimate of drug-likeness (QED) is 0.744. The second-order valence-corrected chi connectivity index (χ2v) is 5.73. The number of halogens is 1. The van der Waals surface area contributed by atoms with Crippen molar-refractivity contribution in [2.75, 3.05) is 11.9 Å². The molecule has 0 bridgehead atoms. The van der Waals surface area contributed by atoms with Crippen molar-refractivity contribution >= 4 is 16.5 Å². The molecular weight excluding hydrogens is 283 g/mol. The molecule has 4 heteroatoms. The van der Waals surface area contributed by atoms with Crippen molar-refractivity contribution in [2.45, 2.75) is 6.42 Å². The Balaban J connectivity index is 1.59. The molecule has 0 aliphatic heterocycles. The lowest BCUT2D eigenvalue weighted by molar-refractivity contribution is 0.628. The number of hydrogen-bond acceptors (Lipinski definition) is 3. The van der Waals surface area contributed by atoms with Crippen molar-refractivity contribution in [1.82, 2.24) is 4.98 Å². The van der Waals surface area contributed by atoms with Crippen LogP contribution < -0.4 is 5.32 Å². The standard InChI is InChI=1S/C17H15FN2S/c18-15-8-6-14(7-9-15)16-12-20-17(21-16)19-11-10-13-4-2-1-3-5-13/h1-9,12H,10-11H2,(H,19,20). The Kier molecular flexibility index (Phi) is 4.26. The topological polar surface area (TPSA) is 24.9 Å². The van der Waals surface area contributed by atoms with Gasteiger partial charge in [0.25, 0.3) is 0 Å². The summed E-state index contributed by atoms with van der Waals surface area (Å²) in [5.41, 5.74) is 2.30. The number of hydrogen-bond donors (Lipinski definition) is 1. The first-order valence-corrected chi connectivity index (χ1v) is 7.62. The summed E-state index contributed by atoms with van der Waals surface area (Å²) >= 11 is 1.58. The molecule has 3 rings (SSSR count). The molecule has 0 unspecified atom stereocenters. The van der Waals surface area contributed by atoms with Gasteiger partial charge in [0.15, 0.2) is 5.13 Å². The lowest BCUT2D eigenvalue weighted by atomic mass is 10.2. The molecule has 1 heterocycles. The second kappa shape index (κ2) is 6.50. The number of rotatable bonds is 5. The van der Waals surface area contributed by atoms with E-state index in [1.54, 1.807) is 23.5 Å². The molecule has 0 radical (unpaired) electrons. The third-order valence-corrected chi connectivity index (χ3v) is 4.17. The number of nitrogens with zero attached hydrogens (tertiary/aromatic N) is 1. The Bertz CT molecular complexity index is 692. The highest BCUT2D eigenvalue weighted by Crippen LogP contribution is 2.28. The van der Waals surface area contributed by atoms with E-state index in [1.807, 2.05) is 24.4 Å². The van der Waals surface area contributed by atoms with E-state index in [-0.39, 0.29) is 5.82 Å². The molecule has 0 aliphatic carbocycles. The van der Waals surface area contributed by atoms with Crippen LogP contribution >= 0.6 is 11.3 Å². The molecule has 0 spiro atoms. The number of benzene rings is 2. The van der Waals surface area contributed by atoms with Crippen LogP contribution in [0.25, 0.3) is 10.4 Å². The maximum atomic E-state index is 12.9. The summed E-state index contributed by atoms with van der Waals surface area (Å²) in [5, 5.41) is 4.22. The Morgan fingerprint density at radius 1 is 1.00 bits per heavy atom. The summed E-state index contributed by atoms with van der Waals surface area (Å²) < 4.78 is 12.9.